The lowest BCUT2D eigenvalue weighted by Gasteiger charge is -2.16. The van der Waals surface area contributed by atoms with Crippen LogP contribution in [0.3, 0.4) is 0 Å². The first-order valence-electron chi connectivity index (χ1n) is 6.07. The van der Waals surface area contributed by atoms with Crippen LogP contribution in [0.5, 0.6) is 5.75 Å². The highest BCUT2D eigenvalue weighted by Gasteiger charge is 2.23. The normalized spacial score (nSPS) is 14.3. The molecule has 2 aromatic carbocycles. The van der Waals surface area contributed by atoms with E-state index < -0.39 is 10.1 Å². The Balaban J connectivity index is 1.92. The van der Waals surface area contributed by atoms with Crippen LogP contribution in [-0.4, -0.2) is 14.2 Å². The topological polar surface area (TPSA) is 43.4 Å². The van der Waals surface area contributed by atoms with E-state index in [0.29, 0.717) is 16.4 Å². The molecule has 0 unspecified atom stereocenters. The first-order chi connectivity index (χ1) is 9.65. The van der Waals surface area contributed by atoms with Crippen LogP contribution in [-0.2, 0) is 10.1 Å². The minimum absolute atomic E-state index is 0.296. The molecule has 0 saturated heterocycles. The van der Waals surface area contributed by atoms with E-state index in [0.717, 1.165) is 10.5 Å². The number of fused-ring (bicyclic) bond motifs is 1. The van der Waals surface area contributed by atoms with Crippen molar-refractivity contribution < 1.29 is 12.6 Å². The maximum absolute atomic E-state index is 12.3. The van der Waals surface area contributed by atoms with E-state index in [9.17, 15) is 8.42 Å². The van der Waals surface area contributed by atoms with E-state index >= 15 is 0 Å². The molecule has 1 aliphatic heterocycles. The Morgan fingerprint density at radius 2 is 1.65 bits per heavy atom. The maximum atomic E-state index is 12.3. The van der Waals surface area contributed by atoms with Gasteiger partial charge in [-0.15, -0.1) is 11.8 Å². The Bertz CT molecular complexity index is 750. The lowest BCUT2D eigenvalue weighted by molar-refractivity contribution is 0.494. The summed E-state index contributed by atoms with van der Waals surface area (Å²) >= 11 is 1.51. The van der Waals surface area contributed by atoms with Crippen molar-refractivity contribution in [2.75, 3.05) is 5.75 Å². The number of rotatable bonds is 3. The van der Waals surface area contributed by atoms with Gasteiger partial charge in [-0.05, 0) is 29.8 Å². The fraction of sp³-hybridized carbons (Fsp3) is 0.0667. The van der Waals surface area contributed by atoms with E-state index in [2.05, 4.69) is 0 Å². The lowest BCUT2D eigenvalue weighted by atomic mass is 10.2. The third kappa shape index (κ3) is 2.73. The van der Waals surface area contributed by atoms with E-state index in [1.54, 1.807) is 30.3 Å². The van der Waals surface area contributed by atoms with Gasteiger partial charge in [0.25, 0.3) is 0 Å². The number of hydrogen-bond acceptors (Lipinski definition) is 4. The van der Waals surface area contributed by atoms with Gasteiger partial charge in [-0.2, -0.15) is 8.42 Å². The molecule has 0 atom stereocenters. The van der Waals surface area contributed by atoms with Crippen molar-refractivity contribution in [3.8, 4) is 5.75 Å². The number of thioether (sulfide) groups is 1. The molecule has 102 valence electrons. The SMILES string of the molecule is O=S(=O)(Oc1ccccc1)C1=Cc2ccccc2SC1. The minimum Gasteiger partial charge on any atom is -0.379 e. The highest BCUT2D eigenvalue weighted by Crippen LogP contribution is 2.34. The van der Waals surface area contributed by atoms with Gasteiger partial charge in [0.2, 0.25) is 0 Å². The average Bonchev–Trinajstić information content (AvgIpc) is 2.47. The predicted molar refractivity (Wildman–Crippen MR) is 81.1 cm³/mol. The third-order valence-electron chi connectivity index (χ3n) is 2.88. The third-order valence-corrected chi connectivity index (χ3v) is 5.51. The van der Waals surface area contributed by atoms with Gasteiger partial charge in [0.05, 0.1) is 4.91 Å². The van der Waals surface area contributed by atoms with Crippen molar-refractivity contribution >= 4 is 28.0 Å². The van der Waals surface area contributed by atoms with Crippen LogP contribution in [0.15, 0.2) is 64.4 Å². The summed E-state index contributed by atoms with van der Waals surface area (Å²) in [6, 6.07) is 16.3. The van der Waals surface area contributed by atoms with Gasteiger partial charge in [-0.1, -0.05) is 36.4 Å². The van der Waals surface area contributed by atoms with Gasteiger partial charge in [-0.3, -0.25) is 0 Å². The summed E-state index contributed by atoms with van der Waals surface area (Å²) in [5.74, 6) is 0.726. The Kier molecular flexibility index (Phi) is 3.54. The van der Waals surface area contributed by atoms with E-state index in [1.165, 1.54) is 11.8 Å². The molecule has 1 aliphatic rings. The first-order valence-corrected chi connectivity index (χ1v) is 8.46. The number of benzene rings is 2. The molecule has 20 heavy (non-hydrogen) atoms. The van der Waals surface area contributed by atoms with Gasteiger partial charge in [0.1, 0.15) is 5.75 Å². The van der Waals surface area contributed by atoms with Crippen LogP contribution in [0.2, 0.25) is 0 Å². The van der Waals surface area contributed by atoms with Gasteiger partial charge in [0.15, 0.2) is 0 Å². The molecule has 5 heteroatoms. The monoisotopic (exact) mass is 304 g/mol. The Morgan fingerprint density at radius 1 is 0.950 bits per heavy atom. The molecule has 0 fully saturated rings. The van der Waals surface area contributed by atoms with Crippen molar-refractivity contribution in [1.82, 2.24) is 0 Å². The Hall–Kier alpha value is -1.72. The van der Waals surface area contributed by atoms with E-state index in [-0.39, 0.29) is 0 Å². The smallest absolute Gasteiger partial charge is 0.336 e. The van der Waals surface area contributed by atoms with Crippen LogP contribution in [0.1, 0.15) is 5.56 Å². The standard InChI is InChI=1S/C15H12O3S2/c16-20(17,18-13-7-2-1-3-8-13)14-10-12-6-4-5-9-15(12)19-11-14/h1-10H,11H2. The molecule has 0 bridgehead atoms. The van der Waals surface area contributed by atoms with Gasteiger partial charge >= 0.3 is 10.1 Å². The quantitative estimate of drug-likeness (QED) is 0.814. The second kappa shape index (κ2) is 5.34. The summed E-state index contributed by atoms with van der Waals surface area (Å²) in [5, 5.41) is 0. The summed E-state index contributed by atoms with van der Waals surface area (Å²) in [7, 11) is -3.74. The molecule has 0 saturated carbocycles. The highest BCUT2D eigenvalue weighted by atomic mass is 32.2. The molecular formula is C15H12O3S2. The second-order valence-electron chi connectivity index (χ2n) is 4.29. The van der Waals surface area contributed by atoms with Crippen molar-refractivity contribution in [3.63, 3.8) is 0 Å². The van der Waals surface area contributed by atoms with Crippen molar-refractivity contribution in [3.05, 3.63) is 65.1 Å². The average molecular weight is 304 g/mol. The van der Waals surface area contributed by atoms with Crippen LogP contribution < -0.4 is 4.18 Å². The van der Waals surface area contributed by atoms with Crippen LogP contribution in [0.25, 0.3) is 6.08 Å². The summed E-state index contributed by atoms with van der Waals surface area (Å²) in [6.45, 7) is 0. The molecule has 3 nitrogen and oxygen atoms in total. The first kappa shape index (κ1) is 13.3. The molecular weight excluding hydrogens is 292 g/mol. The molecule has 1 heterocycles. The van der Waals surface area contributed by atoms with Crippen molar-refractivity contribution in [2.45, 2.75) is 4.90 Å². The van der Waals surface area contributed by atoms with E-state index in [4.69, 9.17) is 4.18 Å². The molecule has 0 radical (unpaired) electrons. The second-order valence-corrected chi connectivity index (χ2v) is 6.90. The number of hydrogen-bond donors (Lipinski definition) is 0. The Morgan fingerprint density at radius 3 is 2.45 bits per heavy atom. The largest absolute Gasteiger partial charge is 0.379 e. The van der Waals surface area contributed by atoms with Crippen LogP contribution in [0, 0.1) is 0 Å². The van der Waals surface area contributed by atoms with Crippen LogP contribution in [0.4, 0.5) is 0 Å². The molecule has 3 rings (SSSR count). The molecule has 2 aromatic rings. The summed E-state index contributed by atoms with van der Waals surface area (Å²) < 4.78 is 29.7. The molecule has 0 aliphatic carbocycles. The molecule has 0 amide bonds. The predicted octanol–water partition coefficient (Wildman–Crippen LogP) is 3.54. The molecule has 0 spiro atoms. The zero-order valence-corrected chi connectivity index (χ0v) is 12.2. The minimum atomic E-state index is -3.74. The van der Waals surface area contributed by atoms with Gasteiger partial charge in [-0.25, -0.2) is 0 Å². The number of para-hydroxylation sites is 1. The summed E-state index contributed by atoms with van der Waals surface area (Å²) in [6.07, 6.45) is 1.68. The maximum Gasteiger partial charge on any atom is 0.336 e. The van der Waals surface area contributed by atoms with Crippen molar-refractivity contribution in [2.24, 2.45) is 0 Å². The Labute approximate surface area is 122 Å². The van der Waals surface area contributed by atoms with E-state index in [1.807, 2.05) is 30.3 Å². The fourth-order valence-corrected chi connectivity index (χ4v) is 4.24. The fourth-order valence-electron chi connectivity index (χ4n) is 1.90. The summed E-state index contributed by atoms with van der Waals surface area (Å²) in [4.78, 5) is 1.39. The van der Waals surface area contributed by atoms with Crippen molar-refractivity contribution in [1.29, 1.82) is 0 Å². The van der Waals surface area contributed by atoms with Gasteiger partial charge in [0, 0.05) is 10.6 Å². The highest BCUT2D eigenvalue weighted by molar-refractivity contribution is 8.01. The zero-order chi connectivity index (χ0) is 14.0. The lowest BCUT2D eigenvalue weighted by Crippen LogP contribution is -2.15. The molecule has 0 N–H and O–H groups in total. The molecule has 0 aromatic heterocycles. The van der Waals surface area contributed by atoms with Gasteiger partial charge < -0.3 is 4.18 Å². The zero-order valence-electron chi connectivity index (χ0n) is 10.5. The van der Waals surface area contributed by atoms with Crippen LogP contribution >= 0.6 is 11.8 Å². The summed E-state index contributed by atoms with van der Waals surface area (Å²) in [5.41, 5.74) is 0.916.